The number of hydrogen-bond acceptors (Lipinski definition) is 11. The third-order valence-electron chi connectivity index (χ3n) is 12.2. The molecule has 0 bridgehead atoms. The lowest BCUT2D eigenvalue weighted by molar-refractivity contribution is 0.0988. The van der Waals surface area contributed by atoms with E-state index in [0.717, 1.165) is 59.0 Å². The van der Waals surface area contributed by atoms with Crippen LogP contribution in [0.4, 0.5) is 4.79 Å². The maximum Gasteiger partial charge on any atom is 0.452 e. The zero-order valence-electron chi connectivity index (χ0n) is 33.3. The van der Waals surface area contributed by atoms with Crippen LogP contribution in [0.1, 0.15) is 52.2 Å². The third kappa shape index (κ3) is 5.69. The molecule has 12 heteroatoms. The highest BCUT2D eigenvalue weighted by Gasteiger charge is 2.34. The molecule has 0 aliphatic heterocycles. The number of carbonyl (C=O) groups excluding carboxylic acids is 4. The molecule has 0 saturated heterocycles. The predicted molar refractivity (Wildman–Crippen MR) is 251 cm³/mol. The first kappa shape index (κ1) is 36.6. The predicted octanol–water partition coefficient (Wildman–Crippen LogP) is 11.7. The molecule has 0 saturated carbocycles. The summed E-state index contributed by atoms with van der Waals surface area (Å²) in [6.07, 6.45) is 3.04. The Morgan fingerprint density at radius 2 is 1.03 bits per heavy atom. The van der Waals surface area contributed by atoms with Crippen molar-refractivity contribution in [3.63, 3.8) is 0 Å². The van der Waals surface area contributed by atoms with E-state index in [4.69, 9.17) is 14.7 Å². The van der Waals surface area contributed by atoms with E-state index in [1.165, 1.54) is 28.7 Å². The van der Waals surface area contributed by atoms with Gasteiger partial charge < -0.3 is 4.74 Å². The van der Waals surface area contributed by atoms with E-state index in [1.807, 2.05) is 91.0 Å². The van der Waals surface area contributed by atoms with Gasteiger partial charge in [-0.15, -0.1) is 32.9 Å². The van der Waals surface area contributed by atoms with Crippen molar-refractivity contribution in [1.82, 2.24) is 25.0 Å². The molecule has 3 aromatic heterocycles. The zero-order chi connectivity index (χ0) is 42.8. The highest BCUT2D eigenvalue weighted by atomic mass is 32.1. The standard InChI is InChI=1S/C52H27N5O5S2/c58-47-36(19-35-18-31-14-27-10-4-5-11-28(27)15-32(31)20-37(35)47)23-41-53-45-43-44(56-57(55-43)52(61)62-25-26-8-2-1-3-9-26)46-51(50(45)63-41)64-42(54-46)24-40-48(59)38-21-33-16-29-12-6-7-13-30(29)17-34(33)22-39(38)49(40)60/h1-18,20-24H,19,25H2/b36-23+. The van der Waals surface area contributed by atoms with Gasteiger partial charge in [0.2, 0.25) is 0 Å². The maximum absolute atomic E-state index is 14.0. The lowest BCUT2D eigenvalue weighted by atomic mass is 9.99. The molecule has 64 heavy (non-hydrogen) atoms. The second kappa shape index (κ2) is 13.7. The fourth-order valence-electron chi connectivity index (χ4n) is 9.05. The Labute approximate surface area is 369 Å². The molecular weight excluding hydrogens is 839 g/mol. The first-order chi connectivity index (χ1) is 31.3. The number of thiazole rings is 2. The molecule has 0 atom stereocenters. The first-order valence-electron chi connectivity index (χ1n) is 20.5. The molecule has 0 unspecified atom stereocenters. The molecule has 0 N–H and O–H groups in total. The van der Waals surface area contributed by atoms with Gasteiger partial charge in [-0.1, -0.05) is 89.7 Å². The van der Waals surface area contributed by atoms with Crippen molar-refractivity contribution >= 4 is 133 Å². The first-order valence-corrected chi connectivity index (χ1v) is 22.1. The Kier molecular flexibility index (Phi) is 7.84. The van der Waals surface area contributed by atoms with Gasteiger partial charge in [0, 0.05) is 28.7 Å². The number of ketones is 3. The number of hydrogen-bond donors (Lipinski definition) is 0. The van der Waals surface area contributed by atoms with Gasteiger partial charge in [-0.2, -0.15) is 0 Å². The number of fused-ring (bicyclic) bond motifs is 12. The molecule has 302 valence electrons. The smallest absolute Gasteiger partial charge is 0.442 e. The van der Waals surface area contributed by atoms with Gasteiger partial charge in [-0.05, 0) is 109 Å². The van der Waals surface area contributed by atoms with Gasteiger partial charge in [0.1, 0.15) is 38.7 Å². The molecule has 2 aliphatic carbocycles. The van der Waals surface area contributed by atoms with Crippen LogP contribution in [0.2, 0.25) is 0 Å². The number of carbonyl (C=O) groups is 4. The van der Waals surface area contributed by atoms with E-state index in [0.29, 0.717) is 70.2 Å². The highest BCUT2D eigenvalue weighted by molar-refractivity contribution is 7.27. The average Bonchev–Trinajstić information content (AvgIpc) is 4.14. The van der Waals surface area contributed by atoms with Crippen molar-refractivity contribution in [1.29, 1.82) is 0 Å². The van der Waals surface area contributed by atoms with Crippen molar-refractivity contribution in [2.75, 3.05) is 0 Å². The maximum atomic E-state index is 14.0. The number of benzene rings is 8. The zero-order valence-corrected chi connectivity index (χ0v) is 34.9. The van der Waals surface area contributed by atoms with E-state index < -0.39 is 6.09 Å². The minimum atomic E-state index is -0.786. The SMILES string of the molecule is O=C1/C(=C/c2nc3c4nn(C(=O)OCc5ccccc5)nc4c4nc(C=C5C(=O)c6cc7cc8ccccc8cc7cc6C5=O)sc4c3s2)Cc2cc3cc4ccccc4cc3cc21. The molecule has 2 aliphatic rings. The fraction of sp³-hybridized carbons (Fsp3) is 0.0385. The van der Waals surface area contributed by atoms with Crippen LogP contribution in [-0.2, 0) is 17.8 Å². The van der Waals surface area contributed by atoms with Crippen LogP contribution in [0.5, 0.6) is 0 Å². The monoisotopic (exact) mass is 865 g/mol. The van der Waals surface area contributed by atoms with E-state index in [2.05, 4.69) is 40.5 Å². The van der Waals surface area contributed by atoms with Crippen LogP contribution in [0.3, 0.4) is 0 Å². The molecular formula is C52H27N5O5S2. The third-order valence-corrected chi connectivity index (χ3v) is 14.3. The molecule has 3 heterocycles. The van der Waals surface area contributed by atoms with Crippen molar-refractivity contribution in [3.05, 3.63) is 176 Å². The number of Topliss-reactive ketones (excluding diaryl/α,β-unsaturated/α-hetero) is 3. The van der Waals surface area contributed by atoms with Crippen LogP contribution in [0, 0.1) is 0 Å². The number of allylic oxidation sites excluding steroid dienone is 2. The largest absolute Gasteiger partial charge is 0.452 e. The summed E-state index contributed by atoms with van der Waals surface area (Å²) in [6, 6.07) is 41.5. The van der Waals surface area contributed by atoms with E-state index in [-0.39, 0.29) is 29.5 Å². The summed E-state index contributed by atoms with van der Waals surface area (Å²) in [7, 11) is 0. The van der Waals surface area contributed by atoms with Crippen LogP contribution in [0.25, 0.3) is 86.7 Å². The normalized spacial score (nSPS) is 14.4. The van der Waals surface area contributed by atoms with Crippen LogP contribution in [-0.4, -0.2) is 48.4 Å². The molecule has 0 radical (unpaired) electrons. The molecule has 8 aromatic carbocycles. The summed E-state index contributed by atoms with van der Waals surface area (Å²) in [6.45, 7) is 0.0179. The van der Waals surface area contributed by atoms with Gasteiger partial charge in [0.15, 0.2) is 17.3 Å². The second-order valence-corrected chi connectivity index (χ2v) is 18.1. The van der Waals surface area contributed by atoms with Crippen LogP contribution >= 0.6 is 22.7 Å². The van der Waals surface area contributed by atoms with Crippen LogP contribution < -0.4 is 0 Å². The minimum Gasteiger partial charge on any atom is -0.442 e. The van der Waals surface area contributed by atoms with E-state index >= 15 is 0 Å². The topological polar surface area (TPSA) is 134 Å². The van der Waals surface area contributed by atoms with Gasteiger partial charge in [0.05, 0.1) is 15.0 Å². The molecule has 13 rings (SSSR count). The van der Waals surface area contributed by atoms with Crippen molar-refractivity contribution in [2.24, 2.45) is 0 Å². The summed E-state index contributed by atoms with van der Waals surface area (Å²) in [5.74, 6) is -0.787. The lowest BCUT2D eigenvalue weighted by Crippen LogP contribution is -2.16. The molecule has 10 nitrogen and oxygen atoms in total. The fourth-order valence-corrected chi connectivity index (χ4v) is 11.2. The van der Waals surface area contributed by atoms with Gasteiger partial charge >= 0.3 is 6.09 Å². The van der Waals surface area contributed by atoms with Crippen molar-refractivity contribution in [2.45, 2.75) is 13.0 Å². The Morgan fingerprint density at radius 3 is 1.58 bits per heavy atom. The summed E-state index contributed by atoms with van der Waals surface area (Å²) in [5, 5.41) is 18.3. The van der Waals surface area contributed by atoms with E-state index in [9.17, 15) is 19.2 Å². The van der Waals surface area contributed by atoms with Gasteiger partial charge in [0.25, 0.3) is 0 Å². The Morgan fingerprint density at radius 1 is 0.547 bits per heavy atom. The summed E-state index contributed by atoms with van der Waals surface area (Å²) in [5.41, 5.74) is 5.31. The molecule has 11 aromatic rings. The van der Waals surface area contributed by atoms with Crippen molar-refractivity contribution < 1.29 is 23.9 Å². The summed E-state index contributed by atoms with van der Waals surface area (Å²) < 4.78 is 6.99. The highest BCUT2D eigenvalue weighted by Crippen LogP contribution is 2.42. The van der Waals surface area contributed by atoms with Crippen molar-refractivity contribution in [3.8, 4) is 0 Å². The molecule has 0 amide bonds. The summed E-state index contributed by atoms with van der Waals surface area (Å²) in [4.78, 5) is 66.2. The Balaban J connectivity index is 0.916. The number of aromatic nitrogens is 5. The second-order valence-electron chi connectivity index (χ2n) is 16.1. The van der Waals surface area contributed by atoms with E-state index in [1.54, 1.807) is 12.1 Å². The Hall–Kier alpha value is -8.06. The summed E-state index contributed by atoms with van der Waals surface area (Å²) >= 11 is 2.66. The molecule has 0 spiro atoms. The minimum absolute atomic E-state index is 0.0179. The van der Waals surface area contributed by atoms with Gasteiger partial charge in [-0.25, -0.2) is 14.8 Å². The number of rotatable bonds is 4. The quantitative estimate of drug-likeness (QED) is 0.0962. The van der Waals surface area contributed by atoms with Crippen LogP contribution in [0.15, 0.2) is 139 Å². The molecule has 0 fully saturated rings. The van der Waals surface area contributed by atoms with Gasteiger partial charge in [-0.3, -0.25) is 14.4 Å². The average molecular weight is 866 g/mol. The number of ether oxygens (including phenoxy) is 1. The lowest BCUT2D eigenvalue weighted by Gasteiger charge is -2.05. The Bertz CT molecular complexity index is 3950. The number of nitrogens with zero attached hydrogens (tertiary/aromatic N) is 5.